The molecule has 1 heterocycles. The Morgan fingerprint density at radius 3 is 2.79 bits per heavy atom. The lowest BCUT2D eigenvalue weighted by Gasteiger charge is -2.47. The summed E-state index contributed by atoms with van der Waals surface area (Å²) >= 11 is 0. The highest BCUT2D eigenvalue weighted by Crippen LogP contribution is 2.39. The van der Waals surface area contributed by atoms with Gasteiger partial charge in [0.15, 0.2) is 0 Å². The Labute approximate surface area is 112 Å². The minimum atomic E-state index is -1.08. The van der Waals surface area contributed by atoms with Crippen molar-refractivity contribution < 1.29 is 24.5 Å². The number of aliphatic carboxylic acids is 1. The quantitative estimate of drug-likeness (QED) is 0.765. The van der Waals surface area contributed by atoms with Gasteiger partial charge in [-0.3, -0.25) is 4.79 Å². The van der Waals surface area contributed by atoms with Gasteiger partial charge in [0.2, 0.25) is 5.91 Å². The van der Waals surface area contributed by atoms with Gasteiger partial charge in [-0.05, 0) is 19.3 Å². The Morgan fingerprint density at radius 1 is 1.26 bits per heavy atom. The van der Waals surface area contributed by atoms with Crippen LogP contribution in [0.25, 0.3) is 0 Å². The van der Waals surface area contributed by atoms with Crippen molar-refractivity contribution in [3.63, 3.8) is 0 Å². The molecule has 0 aromatic heterocycles. The van der Waals surface area contributed by atoms with Crippen LogP contribution in [0.15, 0.2) is 0 Å². The maximum atomic E-state index is 11.9. The molecular weight excluding hydrogens is 250 g/mol. The minimum Gasteiger partial charge on any atom is -0.480 e. The lowest BCUT2D eigenvalue weighted by molar-refractivity contribution is -0.151. The average molecular weight is 271 g/mol. The van der Waals surface area contributed by atoms with Crippen molar-refractivity contribution in [2.24, 2.45) is 5.92 Å². The molecule has 2 unspecified atom stereocenters. The van der Waals surface area contributed by atoms with Gasteiger partial charge >= 0.3 is 5.97 Å². The summed E-state index contributed by atoms with van der Waals surface area (Å²) in [6.45, 7) is 0.443. The Balaban J connectivity index is 1.83. The predicted molar refractivity (Wildman–Crippen MR) is 66.6 cm³/mol. The largest absolute Gasteiger partial charge is 0.480 e. The van der Waals surface area contributed by atoms with Crippen molar-refractivity contribution in [3.8, 4) is 0 Å². The number of carbonyl (C=O) groups is 2. The molecule has 2 aliphatic rings. The number of fused-ring (bicyclic) bond motifs is 1. The lowest BCUT2D eigenvalue weighted by atomic mass is 9.71. The highest BCUT2D eigenvalue weighted by Gasteiger charge is 2.43. The summed E-state index contributed by atoms with van der Waals surface area (Å²) in [4.78, 5) is 23.9. The van der Waals surface area contributed by atoms with Crippen LogP contribution < -0.4 is 0 Å². The molecule has 0 bridgehead atoms. The second-order valence-electron chi connectivity index (χ2n) is 5.52. The zero-order valence-electron chi connectivity index (χ0n) is 11.0. The van der Waals surface area contributed by atoms with Crippen LogP contribution in [-0.2, 0) is 14.3 Å². The first-order chi connectivity index (χ1) is 9.01. The maximum Gasteiger partial charge on any atom is 0.329 e. The van der Waals surface area contributed by atoms with Crippen LogP contribution in [0.3, 0.4) is 0 Å². The molecular formula is C13H21NO5. The lowest BCUT2D eigenvalue weighted by Crippen LogP contribution is -2.55. The molecule has 1 aliphatic carbocycles. The van der Waals surface area contributed by atoms with Gasteiger partial charge in [0.05, 0.1) is 5.60 Å². The van der Waals surface area contributed by atoms with Crippen LogP contribution in [0.4, 0.5) is 0 Å². The highest BCUT2D eigenvalue weighted by molar-refractivity contribution is 5.78. The van der Waals surface area contributed by atoms with E-state index in [1.165, 1.54) is 0 Å². The normalized spacial score (nSPS) is 30.8. The van der Waals surface area contributed by atoms with Crippen LogP contribution in [-0.4, -0.2) is 58.9 Å². The van der Waals surface area contributed by atoms with Crippen LogP contribution in [0.1, 0.15) is 32.1 Å². The number of rotatable bonds is 4. The third-order valence-corrected chi connectivity index (χ3v) is 4.23. The summed E-state index contributed by atoms with van der Waals surface area (Å²) in [5.41, 5.74) is -0.600. The molecule has 2 rings (SSSR count). The molecule has 6 heteroatoms. The van der Waals surface area contributed by atoms with Crippen LogP contribution in [0.5, 0.6) is 0 Å². The number of hydrogen-bond donors (Lipinski definition) is 2. The molecule has 0 aromatic rings. The summed E-state index contributed by atoms with van der Waals surface area (Å²) in [6.07, 6.45) is 4.56. The number of hydrogen-bond acceptors (Lipinski definition) is 4. The molecule has 0 aromatic carbocycles. The molecule has 0 radical (unpaired) electrons. The number of ether oxygens (including phenoxy) is 1. The monoisotopic (exact) mass is 271 g/mol. The smallest absolute Gasteiger partial charge is 0.329 e. The minimum absolute atomic E-state index is 0.151. The second-order valence-corrected chi connectivity index (χ2v) is 5.52. The van der Waals surface area contributed by atoms with Gasteiger partial charge in [-0.2, -0.15) is 0 Å². The molecule has 1 aliphatic heterocycles. The first kappa shape index (κ1) is 14.3. The van der Waals surface area contributed by atoms with E-state index in [0.29, 0.717) is 19.5 Å². The van der Waals surface area contributed by atoms with E-state index in [0.717, 1.165) is 25.7 Å². The first-order valence-electron chi connectivity index (χ1n) is 6.81. The highest BCUT2D eigenvalue weighted by atomic mass is 16.5. The van der Waals surface area contributed by atoms with E-state index in [9.17, 15) is 14.7 Å². The summed E-state index contributed by atoms with van der Waals surface area (Å²) in [7, 11) is 0. The van der Waals surface area contributed by atoms with Gasteiger partial charge in [-0.1, -0.05) is 12.8 Å². The number of nitrogens with zero attached hydrogens (tertiary/aromatic N) is 1. The average Bonchev–Trinajstić information content (AvgIpc) is 2.37. The number of piperidine rings is 1. The summed E-state index contributed by atoms with van der Waals surface area (Å²) in [6, 6.07) is 0. The van der Waals surface area contributed by atoms with E-state index < -0.39 is 18.2 Å². The second kappa shape index (κ2) is 5.88. The molecule has 1 amide bonds. The Kier molecular flexibility index (Phi) is 4.42. The molecule has 2 N–H and O–H groups in total. The van der Waals surface area contributed by atoms with Crippen molar-refractivity contribution in [2.75, 3.05) is 26.3 Å². The Morgan fingerprint density at radius 2 is 2.05 bits per heavy atom. The molecule has 0 spiro atoms. The third kappa shape index (κ3) is 3.45. The van der Waals surface area contributed by atoms with Crippen LogP contribution in [0, 0.1) is 5.92 Å². The standard InChI is InChI=1S/C13H21NO5/c15-11(8-19-9-12(16)17)14-6-5-13(18)4-2-1-3-10(13)7-14/h10,18H,1-9H2,(H,16,17). The Hall–Kier alpha value is -1.14. The van der Waals surface area contributed by atoms with E-state index in [-0.39, 0.29) is 18.4 Å². The van der Waals surface area contributed by atoms with E-state index in [1.807, 2.05) is 0 Å². The van der Waals surface area contributed by atoms with Crippen molar-refractivity contribution in [2.45, 2.75) is 37.7 Å². The van der Waals surface area contributed by atoms with Gasteiger partial charge in [0.1, 0.15) is 13.2 Å². The zero-order valence-corrected chi connectivity index (χ0v) is 11.0. The van der Waals surface area contributed by atoms with Crippen molar-refractivity contribution in [1.82, 2.24) is 4.90 Å². The fourth-order valence-electron chi connectivity index (χ4n) is 3.11. The zero-order chi connectivity index (χ0) is 13.9. The van der Waals surface area contributed by atoms with Crippen LogP contribution >= 0.6 is 0 Å². The number of aliphatic hydroxyl groups is 1. The van der Waals surface area contributed by atoms with Crippen molar-refractivity contribution in [3.05, 3.63) is 0 Å². The molecule has 2 atom stereocenters. The molecule has 1 saturated heterocycles. The summed E-state index contributed by atoms with van der Waals surface area (Å²) in [5, 5.41) is 18.9. The fraction of sp³-hybridized carbons (Fsp3) is 0.846. The van der Waals surface area contributed by atoms with Crippen molar-refractivity contribution in [1.29, 1.82) is 0 Å². The summed E-state index contributed by atoms with van der Waals surface area (Å²) < 4.78 is 4.82. The van der Waals surface area contributed by atoms with Crippen LogP contribution in [0.2, 0.25) is 0 Å². The third-order valence-electron chi connectivity index (χ3n) is 4.23. The maximum absolute atomic E-state index is 11.9. The van der Waals surface area contributed by atoms with Gasteiger partial charge in [-0.15, -0.1) is 0 Å². The van der Waals surface area contributed by atoms with Gasteiger partial charge in [0.25, 0.3) is 0 Å². The molecule has 2 fully saturated rings. The van der Waals surface area contributed by atoms with E-state index >= 15 is 0 Å². The molecule has 108 valence electrons. The SMILES string of the molecule is O=C(O)COCC(=O)N1CCC2(O)CCCCC2C1. The molecule has 1 saturated carbocycles. The number of carbonyl (C=O) groups excluding carboxylic acids is 1. The number of carboxylic acids is 1. The van der Waals surface area contributed by atoms with Gasteiger partial charge in [0, 0.05) is 19.0 Å². The first-order valence-corrected chi connectivity index (χ1v) is 6.81. The number of likely N-dealkylation sites (tertiary alicyclic amines) is 1. The van der Waals surface area contributed by atoms with E-state index in [2.05, 4.69) is 0 Å². The number of amides is 1. The number of carboxylic acid groups (broad SMARTS) is 1. The fourth-order valence-corrected chi connectivity index (χ4v) is 3.11. The van der Waals surface area contributed by atoms with E-state index in [1.54, 1.807) is 4.90 Å². The topological polar surface area (TPSA) is 87.1 Å². The van der Waals surface area contributed by atoms with Crippen molar-refractivity contribution >= 4 is 11.9 Å². The Bertz CT molecular complexity index is 359. The predicted octanol–water partition coefficient (Wildman–Crippen LogP) is 0.241. The molecule has 6 nitrogen and oxygen atoms in total. The summed E-state index contributed by atoms with van der Waals surface area (Å²) in [5.74, 6) is -1.11. The molecule has 19 heavy (non-hydrogen) atoms. The van der Waals surface area contributed by atoms with Gasteiger partial charge in [-0.25, -0.2) is 4.79 Å². The van der Waals surface area contributed by atoms with Gasteiger partial charge < -0.3 is 19.8 Å². The van der Waals surface area contributed by atoms with E-state index in [4.69, 9.17) is 9.84 Å².